The van der Waals surface area contributed by atoms with Crippen molar-refractivity contribution in [1.29, 1.82) is 0 Å². The topological polar surface area (TPSA) is 29.5 Å². The molecule has 2 rings (SSSR count). The first kappa shape index (κ1) is 9.59. The van der Waals surface area contributed by atoms with Gasteiger partial charge < -0.3 is 9.84 Å². The summed E-state index contributed by atoms with van der Waals surface area (Å²) in [7, 11) is 0. The van der Waals surface area contributed by atoms with E-state index in [0.29, 0.717) is 11.5 Å². The molecule has 0 aromatic heterocycles. The molecule has 2 aromatic carbocycles. The molecule has 1 N–H and O–H groups in total. The van der Waals surface area contributed by atoms with Crippen molar-refractivity contribution in [3.8, 4) is 17.2 Å². The second-order valence-electron chi connectivity index (χ2n) is 3.28. The highest BCUT2D eigenvalue weighted by atomic mass is 16.5. The fourth-order valence-electron chi connectivity index (χ4n) is 1.29. The lowest BCUT2D eigenvalue weighted by Crippen LogP contribution is -1.85. The van der Waals surface area contributed by atoms with Gasteiger partial charge in [0.15, 0.2) is 11.5 Å². The van der Waals surface area contributed by atoms with E-state index < -0.39 is 0 Å². The fraction of sp³-hybridized carbons (Fsp3) is 0.0769. The van der Waals surface area contributed by atoms with E-state index >= 15 is 0 Å². The molecule has 0 aliphatic carbocycles. The fourth-order valence-corrected chi connectivity index (χ4v) is 1.29. The summed E-state index contributed by atoms with van der Waals surface area (Å²) in [5.74, 6) is 1.30. The zero-order chi connectivity index (χ0) is 10.7. The maximum atomic E-state index is 9.51. The average Bonchev–Trinajstić information content (AvgIpc) is 2.22. The maximum absolute atomic E-state index is 9.51. The van der Waals surface area contributed by atoms with Crippen LogP contribution in [-0.2, 0) is 0 Å². The SMILES string of the molecule is Cc1[c]ccc(Oc2ccccc2O)c1. The third kappa shape index (κ3) is 2.29. The van der Waals surface area contributed by atoms with Crippen molar-refractivity contribution in [3.05, 3.63) is 54.1 Å². The molecule has 0 aliphatic rings. The van der Waals surface area contributed by atoms with E-state index in [1.165, 1.54) is 0 Å². The molecule has 2 heteroatoms. The van der Waals surface area contributed by atoms with Crippen molar-refractivity contribution in [2.75, 3.05) is 0 Å². The first-order valence-electron chi connectivity index (χ1n) is 4.70. The Morgan fingerprint density at radius 3 is 2.73 bits per heavy atom. The molecule has 15 heavy (non-hydrogen) atoms. The van der Waals surface area contributed by atoms with E-state index in [2.05, 4.69) is 6.07 Å². The summed E-state index contributed by atoms with van der Waals surface area (Å²) in [5.41, 5.74) is 1.00. The number of hydrogen-bond donors (Lipinski definition) is 1. The van der Waals surface area contributed by atoms with Crippen molar-refractivity contribution in [2.24, 2.45) is 0 Å². The van der Waals surface area contributed by atoms with Crippen LogP contribution in [0.2, 0.25) is 0 Å². The Bertz CT molecular complexity index is 464. The van der Waals surface area contributed by atoms with Crippen LogP contribution in [0.1, 0.15) is 5.56 Å². The number of phenols is 1. The summed E-state index contributed by atoms with van der Waals surface area (Å²) in [6.45, 7) is 1.94. The summed E-state index contributed by atoms with van der Waals surface area (Å²) >= 11 is 0. The van der Waals surface area contributed by atoms with Crippen molar-refractivity contribution >= 4 is 0 Å². The van der Waals surface area contributed by atoms with Crippen molar-refractivity contribution < 1.29 is 9.84 Å². The molecule has 1 radical (unpaired) electrons. The molecule has 0 heterocycles. The van der Waals surface area contributed by atoms with Gasteiger partial charge in [0, 0.05) is 0 Å². The van der Waals surface area contributed by atoms with Crippen LogP contribution in [0.4, 0.5) is 0 Å². The van der Waals surface area contributed by atoms with Gasteiger partial charge in [-0.05, 0) is 42.8 Å². The summed E-state index contributed by atoms with van der Waals surface area (Å²) in [4.78, 5) is 0. The zero-order valence-electron chi connectivity index (χ0n) is 8.40. The molecular formula is C13H11O2. The van der Waals surface area contributed by atoms with Gasteiger partial charge in [0.05, 0.1) is 0 Å². The lowest BCUT2D eigenvalue weighted by atomic mass is 10.2. The van der Waals surface area contributed by atoms with E-state index in [0.717, 1.165) is 5.56 Å². The van der Waals surface area contributed by atoms with Gasteiger partial charge in [-0.1, -0.05) is 18.2 Å². The van der Waals surface area contributed by atoms with Gasteiger partial charge in [0.2, 0.25) is 0 Å². The van der Waals surface area contributed by atoms with E-state index in [1.807, 2.05) is 19.1 Å². The highest BCUT2D eigenvalue weighted by Crippen LogP contribution is 2.29. The van der Waals surface area contributed by atoms with Gasteiger partial charge in [0.25, 0.3) is 0 Å². The predicted octanol–water partition coefficient (Wildman–Crippen LogP) is 3.29. The molecule has 0 saturated heterocycles. The molecule has 0 unspecified atom stereocenters. The third-order valence-electron chi connectivity index (χ3n) is 2.01. The number of benzene rings is 2. The first-order chi connectivity index (χ1) is 7.25. The second-order valence-corrected chi connectivity index (χ2v) is 3.28. The van der Waals surface area contributed by atoms with E-state index in [9.17, 15) is 5.11 Å². The Balaban J connectivity index is 2.26. The lowest BCUT2D eigenvalue weighted by molar-refractivity contribution is 0.411. The summed E-state index contributed by atoms with van der Waals surface area (Å²) in [6.07, 6.45) is 0. The Morgan fingerprint density at radius 2 is 2.00 bits per heavy atom. The van der Waals surface area contributed by atoms with Gasteiger partial charge in [-0.2, -0.15) is 0 Å². The van der Waals surface area contributed by atoms with Crippen LogP contribution in [0.25, 0.3) is 0 Å². The number of rotatable bonds is 2. The first-order valence-corrected chi connectivity index (χ1v) is 4.70. The van der Waals surface area contributed by atoms with Crippen LogP contribution in [0.5, 0.6) is 17.2 Å². The van der Waals surface area contributed by atoms with Crippen LogP contribution in [0.3, 0.4) is 0 Å². The van der Waals surface area contributed by atoms with E-state index in [4.69, 9.17) is 4.74 Å². The van der Waals surface area contributed by atoms with Gasteiger partial charge in [0.1, 0.15) is 5.75 Å². The van der Waals surface area contributed by atoms with Crippen LogP contribution in [0, 0.1) is 13.0 Å². The standard InChI is InChI=1S/C13H11O2/c1-10-5-4-6-11(9-10)15-13-8-3-2-7-12(13)14/h2-4,6-9,14H,1H3. The predicted molar refractivity (Wildman–Crippen MR) is 58.2 cm³/mol. The number of hydrogen-bond acceptors (Lipinski definition) is 2. The van der Waals surface area contributed by atoms with E-state index in [-0.39, 0.29) is 5.75 Å². The zero-order valence-corrected chi connectivity index (χ0v) is 8.40. The van der Waals surface area contributed by atoms with Gasteiger partial charge in [-0.25, -0.2) is 0 Å². The molecule has 0 bridgehead atoms. The number of aryl methyl sites for hydroxylation is 1. The van der Waals surface area contributed by atoms with E-state index in [1.54, 1.807) is 30.3 Å². The third-order valence-corrected chi connectivity index (χ3v) is 2.01. The van der Waals surface area contributed by atoms with Gasteiger partial charge in [-0.3, -0.25) is 0 Å². The molecule has 0 fully saturated rings. The summed E-state index contributed by atoms with van der Waals surface area (Å²) in [5, 5.41) is 9.51. The van der Waals surface area contributed by atoms with Crippen molar-refractivity contribution in [1.82, 2.24) is 0 Å². The molecular weight excluding hydrogens is 188 g/mol. The summed E-state index contributed by atoms with van der Waals surface area (Å²) in [6, 6.07) is 15.4. The van der Waals surface area contributed by atoms with Crippen molar-refractivity contribution in [2.45, 2.75) is 6.92 Å². The summed E-state index contributed by atoms with van der Waals surface area (Å²) < 4.78 is 5.52. The number of para-hydroxylation sites is 2. The molecule has 0 saturated carbocycles. The highest BCUT2D eigenvalue weighted by Gasteiger charge is 2.01. The van der Waals surface area contributed by atoms with Gasteiger partial charge >= 0.3 is 0 Å². The van der Waals surface area contributed by atoms with Crippen LogP contribution >= 0.6 is 0 Å². The number of phenolic OH excluding ortho intramolecular Hbond substituents is 1. The van der Waals surface area contributed by atoms with Gasteiger partial charge in [-0.15, -0.1) is 0 Å². The smallest absolute Gasteiger partial charge is 0.169 e. The second kappa shape index (κ2) is 4.05. The Morgan fingerprint density at radius 1 is 1.20 bits per heavy atom. The maximum Gasteiger partial charge on any atom is 0.169 e. The lowest BCUT2D eigenvalue weighted by Gasteiger charge is -2.07. The minimum absolute atomic E-state index is 0.142. The largest absolute Gasteiger partial charge is 0.504 e. The van der Waals surface area contributed by atoms with Crippen LogP contribution < -0.4 is 4.74 Å². The Labute approximate surface area is 88.8 Å². The molecule has 0 amide bonds. The number of ether oxygens (including phenoxy) is 1. The molecule has 75 valence electrons. The van der Waals surface area contributed by atoms with Crippen molar-refractivity contribution in [3.63, 3.8) is 0 Å². The molecule has 0 aliphatic heterocycles. The normalized spacial score (nSPS) is 9.93. The number of aromatic hydroxyl groups is 1. The minimum atomic E-state index is 0.142. The monoisotopic (exact) mass is 199 g/mol. The highest BCUT2D eigenvalue weighted by molar-refractivity contribution is 5.41. The molecule has 0 spiro atoms. The Hall–Kier alpha value is -1.96. The van der Waals surface area contributed by atoms with Crippen LogP contribution in [0.15, 0.2) is 42.5 Å². The quantitative estimate of drug-likeness (QED) is 0.804. The molecule has 0 atom stereocenters. The molecule has 2 nitrogen and oxygen atoms in total. The average molecular weight is 199 g/mol. The van der Waals surface area contributed by atoms with Crippen LogP contribution in [-0.4, -0.2) is 5.11 Å². The minimum Gasteiger partial charge on any atom is -0.504 e. The molecule has 2 aromatic rings. The Kier molecular flexibility index (Phi) is 2.59.